The normalized spacial score (nSPS) is 14.9. The number of benzene rings is 3. The van der Waals surface area contributed by atoms with Crippen LogP contribution in [0.3, 0.4) is 0 Å². The molecule has 0 spiro atoms. The number of piperidine rings is 1. The van der Waals surface area contributed by atoms with E-state index in [4.69, 9.17) is 0 Å². The molecule has 1 fully saturated rings. The van der Waals surface area contributed by atoms with Crippen LogP contribution < -0.4 is 5.32 Å². The zero-order valence-electron chi connectivity index (χ0n) is 20.3. The van der Waals surface area contributed by atoms with Gasteiger partial charge >= 0.3 is 0 Å². The molecule has 3 aromatic carbocycles. The summed E-state index contributed by atoms with van der Waals surface area (Å²) in [5, 5.41) is 12.6. The lowest BCUT2D eigenvalue weighted by molar-refractivity contribution is -0.115. The van der Waals surface area contributed by atoms with E-state index in [0.29, 0.717) is 6.54 Å². The van der Waals surface area contributed by atoms with Gasteiger partial charge in [-0.05, 0) is 49.2 Å². The van der Waals surface area contributed by atoms with Gasteiger partial charge in [-0.3, -0.25) is 9.69 Å². The molecule has 1 aliphatic rings. The van der Waals surface area contributed by atoms with Crippen LogP contribution >= 0.6 is 11.8 Å². The lowest BCUT2D eigenvalue weighted by Gasteiger charge is -2.26. The Bertz CT molecular complexity index is 1240. The standard InChI is InChI=1S/C29H31N5OS/c35-28(30-25-17-9-3-10-18-25)27(24-15-7-2-8-16-24)36-29-32-31-26(22-33-19-11-4-12-20-33)34(29)21-23-13-5-1-6-14-23/h1-3,5-10,13-18,27H,4,11-12,19-22H2,(H,30,35). The van der Waals surface area contributed by atoms with Gasteiger partial charge in [0.05, 0.1) is 13.1 Å². The topological polar surface area (TPSA) is 63.1 Å². The van der Waals surface area contributed by atoms with Gasteiger partial charge in [-0.25, -0.2) is 0 Å². The molecule has 184 valence electrons. The van der Waals surface area contributed by atoms with Crippen LogP contribution in [0.15, 0.2) is 96.2 Å². The average Bonchev–Trinajstić information content (AvgIpc) is 3.29. The fourth-order valence-electron chi connectivity index (χ4n) is 4.50. The first-order valence-corrected chi connectivity index (χ1v) is 13.4. The van der Waals surface area contributed by atoms with Crippen molar-refractivity contribution >= 4 is 23.4 Å². The number of thioether (sulfide) groups is 1. The van der Waals surface area contributed by atoms with E-state index < -0.39 is 5.25 Å². The minimum atomic E-state index is -0.465. The number of aromatic nitrogens is 3. The highest BCUT2D eigenvalue weighted by atomic mass is 32.2. The molecule has 0 aliphatic carbocycles. The summed E-state index contributed by atoms with van der Waals surface area (Å²) in [5.74, 6) is 0.864. The number of amides is 1. The van der Waals surface area contributed by atoms with Crippen molar-refractivity contribution < 1.29 is 4.79 Å². The maximum absolute atomic E-state index is 13.5. The molecule has 36 heavy (non-hydrogen) atoms. The van der Waals surface area contributed by atoms with Crippen molar-refractivity contribution in [2.24, 2.45) is 0 Å². The number of anilines is 1. The van der Waals surface area contributed by atoms with E-state index in [-0.39, 0.29) is 5.91 Å². The first-order valence-electron chi connectivity index (χ1n) is 12.5. The second-order valence-electron chi connectivity index (χ2n) is 9.07. The predicted octanol–water partition coefficient (Wildman–Crippen LogP) is 5.78. The monoisotopic (exact) mass is 497 g/mol. The van der Waals surface area contributed by atoms with Crippen molar-refractivity contribution in [2.45, 2.75) is 42.8 Å². The van der Waals surface area contributed by atoms with Crippen LogP contribution in [0.25, 0.3) is 0 Å². The second kappa shape index (κ2) is 12.0. The fourth-order valence-corrected chi connectivity index (χ4v) is 5.56. The molecular weight excluding hydrogens is 466 g/mol. The van der Waals surface area contributed by atoms with Crippen LogP contribution in [0.2, 0.25) is 0 Å². The maximum atomic E-state index is 13.5. The summed E-state index contributed by atoms with van der Waals surface area (Å²) in [6.45, 7) is 3.62. The number of rotatable bonds is 9. The Morgan fingerprint density at radius 1 is 0.806 bits per heavy atom. The number of hydrogen-bond acceptors (Lipinski definition) is 5. The van der Waals surface area contributed by atoms with Gasteiger partial charge in [0.15, 0.2) is 5.16 Å². The van der Waals surface area contributed by atoms with Crippen LogP contribution in [0.1, 0.15) is 41.5 Å². The van der Waals surface area contributed by atoms with Gasteiger partial charge in [-0.1, -0.05) is 97.0 Å². The van der Waals surface area contributed by atoms with Crippen molar-refractivity contribution in [3.8, 4) is 0 Å². The summed E-state index contributed by atoms with van der Waals surface area (Å²) in [7, 11) is 0. The zero-order valence-corrected chi connectivity index (χ0v) is 21.1. The molecule has 1 atom stereocenters. The van der Waals surface area contributed by atoms with Crippen molar-refractivity contribution in [1.29, 1.82) is 0 Å². The number of para-hydroxylation sites is 1. The largest absolute Gasteiger partial charge is 0.325 e. The van der Waals surface area contributed by atoms with E-state index >= 15 is 0 Å². The van der Waals surface area contributed by atoms with Gasteiger partial charge in [0.1, 0.15) is 11.1 Å². The summed E-state index contributed by atoms with van der Waals surface area (Å²) < 4.78 is 2.18. The van der Waals surface area contributed by atoms with Crippen molar-refractivity contribution in [3.63, 3.8) is 0 Å². The molecular formula is C29H31N5OS. The predicted molar refractivity (Wildman–Crippen MR) is 145 cm³/mol. The van der Waals surface area contributed by atoms with Gasteiger partial charge < -0.3 is 9.88 Å². The molecule has 1 amide bonds. The second-order valence-corrected chi connectivity index (χ2v) is 10.1. The number of carbonyl (C=O) groups is 1. The molecule has 1 aromatic heterocycles. The highest BCUT2D eigenvalue weighted by Crippen LogP contribution is 2.36. The summed E-state index contributed by atoms with van der Waals surface area (Å²) in [5.41, 5.74) is 2.90. The first kappa shape index (κ1) is 24.3. The Kier molecular flexibility index (Phi) is 8.10. The molecule has 1 unspecified atom stereocenters. The van der Waals surface area contributed by atoms with Gasteiger partial charge in [0.25, 0.3) is 0 Å². The summed E-state index contributed by atoms with van der Waals surface area (Å²) in [6, 6.07) is 29.8. The molecule has 6 nitrogen and oxygen atoms in total. The van der Waals surface area contributed by atoms with E-state index in [1.54, 1.807) is 0 Å². The quantitative estimate of drug-likeness (QED) is 0.297. The van der Waals surface area contributed by atoms with Crippen LogP contribution in [0.5, 0.6) is 0 Å². The van der Waals surface area contributed by atoms with Crippen LogP contribution in [0.4, 0.5) is 5.69 Å². The molecule has 0 radical (unpaired) electrons. The molecule has 2 heterocycles. The highest BCUT2D eigenvalue weighted by Gasteiger charge is 2.26. The summed E-state index contributed by atoms with van der Waals surface area (Å²) in [6.07, 6.45) is 3.75. The van der Waals surface area contributed by atoms with Crippen molar-refractivity contribution in [3.05, 3.63) is 108 Å². The van der Waals surface area contributed by atoms with Crippen LogP contribution in [-0.2, 0) is 17.9 Å². The minimum Gasteiger partial charge on any atom is -0.325 e. The number of hydrogen-bond donors (Lipinski definition) is 1. The maximum Gasteiger partial charge on any atom is 0.242 e. The average molecular weight is 498 g/mol. The van der Waals surface area contributed by atoms with Crippen molar-refractivity contribution in [2.75, 3.05) is 18.4 Å². The van der Waals surface area contributed by atoms with E-state index in [1.807, 2.05) is 66.7 Å². The van der Waals surface area contributed by atoms with Gasteiger partial charge in [-0.15, -0.1) is 10.2 Å². The Morgan fingerprint density at radius 2 is 1.44 bits per heavy atom. The number of likely N-dealkylation sites (tertiary alicyclic amines) is 1. The first-order chi connectivity index (χ1) is 17.8. The van der Waals surface area contributed by atoms with E-state index in [1.165, 1.54) is 36.6 Å². The van der Waals surface area contributed by atoms with Gasteiger partial charge in [-0.2, -0.15) is 0 Å². The van der Waals surface area contributed by atoms with Gasteiger partial charge in [0.2, 0.25) is 5.91 Å². The smallest absolute Gasteiger partial charge is 0.242 e. The van der Waals surface area contributed by atoms with E-state index in [0.717, 1.165) is 41.9 Å². The molecule has 0 bridgehead atoms. The summed E-state index contributed by atoms with van der Waals surface area (Å²) in [4.78, 5) is 16.0. The number of carbonyl (C=O) groups excluding carboxylic acids is 1. The zero-order chi connectivity index (χ0) is 24.6. The Morgan fingerprint density at radius 3 is 2.14 bits per heavy atom. The van der Waals surface area contributed by atoms with Gasteiger partial charge in [0, 0.05) is 5.69 Å². The van der Waals surface area contributed by atoms with E-state index in [9.17, 15) is 4.79 Å². The van der Waals surface area contributed by atoms with Crippen molar-refractivity contribution in [1.82, 2.24) is 19.7 Å². The number of nitrogens with zero attached hydrogens (tertiary/aromatic N) is 4. The fraction of sp³-hybridized carbons (Fsp3) is 0.276. The third kappa shape index (κ3) is 6.22. The molecule has 1 aliphatic heterocycles. The third-order valence-electron chi connectivity index (χ3n) is 6.40. The Balaban J connectivity index is 1.45. The molecule has 1 saturated heterocycles. The lowest BCUT2D eigenvalue weighted by atomic mass is 10.1. The van der Waals surface area contributed by atoms with E-state index in [2.05, 4.69) is 49.2 Å². The van der Waals surface area contributed by atoms with Crippen LogP contribution in [-0.4, -0.2) is 38.7 Å². The SMILES string of the molecule is O=C(Nc1ccccc1)C(Sc1nnc(CN2CCCCC2)n1Cc1ccccc1)c1ccccc1. The third-order valence-corrected chi connectivity index (χ3v) is 7.63. The molecule has 0 saturated carbocycles. The minimum absolute atomic E-state index is 0.0794. The number of nitrogens with one attached hydrogen (secondary N) is 1. The lowest BCUT2D eigenvalue weighted by Crippen LogP contribution is -2.30. The summed E-state index contributed by atoms with van der Waals surface area (Å²) >= 11 is 1.46. The molecule has 7 heteroatoms. The molecule has 4 aromatic rings. The Labute approximate surface area is 216 Å². The highest BCUT2D eigenvalue weighted by molar-refractivity contribution is 8.00. The molecule has 5 rings (SSSR count). The molecule has 1 N–H and O–H groups in total. The van der Waals surface area contributed by atoms with Crippen LogP contribution in [0, 0.1) is 0 Å². The Hall–Kier alpha value is -3.42.